The van der Waals surface area contributed by atoms with Gasteiger partial charge in [0.05, 0.1) is 13.0 Å². The lowest BCUT2D eigenvalue weighted by Gasteiger charge is -2.37. The van der Waals surface area contributed by atoms with E-state index in [0.29, 0.717) is 0 Å². The normalized spacial score (nSPS) is 37.2. The molecule has 0 saturated heterocycles. The third kappa shape index (κ3) is 3.27. The molecular weight excluding hydrogens is 224 g/mol. The first-order valence-corrected chi connectivity index (χ1v) is 7.82. The van der Waals surface area contributed by atoms with Crippen molar-refractivity contribution in [2.45, 2.75) is 64.7 Å². The van der Waals surface area contributed by atoms with Crippen molar-refractivity contribution < 1.29 is 9.53 Å². The smallest absolute Gasteiger partial charge is 0.308 e. The van der Waals surface area contributed by atoms with Gasteiger partial charge in [0.25, 0.3) is 0 Å². The van der Waals surface area contributed by atoms with E-state index in [2.05, 4.69) is 6.92 Å². The van der Waals surface area contributed by atoms with E-state index in [4.69, 9.17) is 4.74 Å². The van der Waals surface area contributed by atoms with Gasteiger partial charge in [-0.25, -0.2) is 0 Å². The van der Waals surface area contributed by atoms with E-state index in [1.165, 1.54) is 52.1 Å². The summed E-state index contributed by atoms with van der Waals surface area (Å²) in [5.74, 6) is 3.05. The average molecular weight is 252 g/mol. The highest BCUT2D eigenvalue weighted by molar-refractivity contribution is 5.72. The largest absolute Gasteiger partial charge is 0.469 e. The predicted molar refractivity (Wildman–Crippen MR) is 73.2 cm³/mol. The molecule has 0 aromatic carbocycles. The third-order valence-corrected chi connectivity index (χ3v) is 5.44. The molecule has 2 heteroatoms. The van der Waals surface area contributed by atoms with Crippen LogP contribution in [0.25, 0.3) is 0 Å². The Hall–Kier alpha value is -0.530. The molecule has 0 aliphatic heterocycles. The van der Waals surface area contributed by atoms with Gasteiger partial charge in [0.2, 0.25) is 0 Å². The van der Waals surface area contributed by atoms with Gasteiger partial charge in [-0.1, -0.05) is 26.2 Å². The number of hydrogen-bond acceptors (Lipinski definition) is 2. The second-order valence-corrected chi connectivity index (χ2v) is 6.32. The molecule has 2 aliphatic rings. The molecule has 0 spiro atoms. The van der Waals surface area contributed by atoms with Crippen molar-refractivity contribution in [1.29, 1.82) is 0 Å². The number of hydrogen-bond donors (Lipinski definition) is 0. The second-order valence-electron chi connectivity index (χ2n) is 6.32. The van der Waals surface area contributed by atoms with Crippen molar-refractivity contribution in [3.63, 3.8) is 0 Å². The van der Waals surface area contributed by atoms with Crippen LogP contribution in [-0.4, -0.2) is 13.1 Å². The maximum absolute atomic E-state index is 11.5. The van der Waals surface area contributed by atoms with Crippen LogP contribution in [0.4, 0.5) is 0 Å². The molecule has 0 aromatic rings. The molecule has 0 N–H and O–H groups in total. The minimum absolute atomic E-state index is 0.0168. The molecule has 0 bridgehead atoms. The minimum atomic E-state index is 0.0168. The lowest BCUT2D eigenvalue weighted by atomic mass is 9.69. The lowest BCUT2D eigenvalue weighted by Crippen LogP contribution is -2.28. The Kier molecular flexibility index (Phi) is 5.08. The highest BCUT2D eigenvalue weighted by Crippen LogP contribution is 2.42. The summed E-state index contributed by atoms with van der Waals surface area (Å²) < 4.78 is 4.86. The van der Waals surface area contributed by atoms with Crippen LogP contribution in [-0.2, 0) is 9.53 Å². The Labute approximate surface area is 111 Å². The molecule has 0 atom stereocenters. The molecule has 2 rings (SSSR count). The van der Waals surface area contributed by atoms with E-state index >= 15 is 0 Å². The SMILES string of the molecule is CCC1CCC(C2CCC(C(=O)OC)CC2)CC1. The number of rotatable bonds is 3. The van der Waals surface area contributed by atoms with E-state index < -0.39 is 0 Å². The van der Waals surface area contributed by atoms with Gasteiger partial charge in [-0.15, -0.1) is 0 Å². The molecule has 0 unspecified atom stereocenters. The summed E-state index contributed by atoms with van der Waals surface area (Å²) in [6, 6.07) is 0. The summed E-state index contributed by atoms with van der Waals surface area (Å²) in [4.78, 5) is 11.5. The number of ether oxygens (including phenoxy) is 1. The minimum Gasteiger partial charge on any atom is -0.469 e. The molecule has 18 heavy (non-hydrogen) atoms. The highest BCUT2D eigenvalue weighted by atomic mass is 16.5. The molecule has 2 saturated carbocycles. The van der Waals surface area contributed by atoms with E-state index in [-0.39, 0.29) is 11.9 Å². The third-order valence-electron chi connectivity index (χ3n) is 5.44. The standard InChI is InChI=1S/C16H28O2/c1-3-12-4-6-13(7-5-12)14-8-10-15(11-9-14)16(17)18-2/h12-15H,3-11H2,1-2H3. The molecule has 2 aliphatic carbocycles. The highest BCUT2D eigenvalue weighted by Gasteiger charge is 2.32. The van der Waals surface area contributed by atoms with Crippen molar-refractivity contribution in [3.8, 4) is 0 Å². The van der Waals surface area contributed by atoms with Crippen molar-refractivity contribution in [2.24, 2.45) is 23.7 Å². The van der Waals surface area contributed by atoms with Crippen molar-refractivity contribution in [3.05, 3.63) is 0 Å². The van der Waals surface area contributed by atoms with Gasteiger partial charge in [-0.2, -0.15) is 0 Å². The fraction of sp³-hybridized carbons (Fsp3) is 0.938. The molecule has 2 fully saturated rings. The van der Waals surface area contributed by atoms with Crippen LogP contribution in [0.2, 0.25) is 0 Å². The second kappa shape index (κ2) is 6.58. The molecule has 2 nitrogen and oxygen atoms in total. The van der Waals surface area contributed by atoms with Crippen LogP contribution >= 0.6 is 0 Å². The Bertz CT molecular complexity index is 258. The topological polar surface area (TPSA) is 26.3 Å². The van der Waals surface area contributed by atoms with Gasteiger partial charge in [0, 0.05) is 0 Å². The summed E-state index contributed by atoms with van der Waals surface area (Å²) in [6.07, 6.45) is 11.7. The zero-order valence-electron chi connectivity index (χ0n) is 12.0. The quantitative estimate of drug-likeness (QED) is 0.704. The zero-order valence-corrected chi connectivity index (χ0v) is 12.0. The van der Waals surface area contributed by atoms with Crippen LogP contribution in [0.3, 0.4) is 0 Å². The molecule has 0 radical (unpaired) electrons. The van der Waals surface area contributed by atoms with Gasteiger partial charge in [0.1, 0.15) is 0 Å². The Morgan fingerprint density at radius 3 is 1.89 bits per heavy atom. The summed E-state index contributed by atoms with van der Waals surface area (Å²) in [5, 5.41) is 0. The summed E-state index contributed by atoms with van der Waals surface area (Å²) in [6.45, 7) is 2.33. The van der Waals surface area contributed by atoms with E-state index in [0.717, 1.165) is 30.6 Å². The fourth-order valence-electron chi connectivity index (χ4n) is 4.06. The van der Waals surface area contributed by atoms with E-state index in [1.807, 2.05) is 0 Å². The van der Waals surface area contributed by atoms with Crippen LogP contribution in [0, 0.1) is 23.7 Å². The Morgan fingerprint density at radius 1 is 0.944 bits per heavy atom. The van der Waals surface area contributed by atoms with Gasteiger partial charge < -0.3 is 4.74 Å². The maximum atomic E-state index is 11.5. The number of esters is 1. The fourth-order valence-corrected chi connectivity index (χ4v) is 4.06. The number of methoxy groups -OCH3 is 1. The lowest BCUT2D eigenvalue weighted by molar-refractivity contribution is -0.147. The van der Waals surface area contributed by atoms with Crippen LogP contribution in [0.5, 0.6) is 0 Å². The summed E-state index contributed by atoms with van der Waals surface area (Å²) >= 11 is 0. The average Bonchev–Trinajstić information content (AvgIpc) is 2.47. The van der Waals surface area contributed by atoms with Crippen molar-refractivity contribution in [1.82, 2.24) is 0 Å². The Balaban J connectivity index is 1.75. The van der Waals surface area contributed by atoms with Crippen molar-refractivity contribution >= 4 is 5.97 Å². The van der Waals surface area contributed by atoms with E-state index in [1.54, 1.807) is 0 Å². The summed E-state index contributed by atoms with van der Waals surface area (Å²) in [7, 11) is 1.51. The van der Waals surface area contributed by atoms with Gasteiger partial charge >= 0.3 is 5.97 Å². The molecule has 0 heterocycles. The monoisotopic (exact) mass is 252 g/mol. The van der Waals surface area contributed by atoms with Gasteiger partial charge in [-0.05, 0) is 56.3 Å². The van der Waals surface area contributed by atoms with Crippen LogP contribution in [0.15, 0.2) is 0 Å². The first-order valence-electron chi connectivity index (χ1n) is 7.82. The Morgan fingerprint density at radius 2 is 1.44 bits per heavy atom. The first-order chi connectivity index (χ1) is 8.74. The first kappa shape index (κ1) is 13.9. The predicted octanol–water partition coefficient (Wildman–Crippen LogP) is 4.18. The molecule has 0 amide bonds. The van der Waals surface area contributed by atoms with Gasteiger partial charge in [0.15, 0.2) is 0 Å². The van der Waals surface area contributed by atoms with Crippen LogP contribution < -0.4 is 0 Å². The maximum Gasteiger partial charge on any atom is 0.308 e. The van der Waals surface area contributed by atoms with Crippen molar-refractivity contribution in [2.75, 3.05) is 7.11 Å². The van der Waals surface area contributed by atoms with Crippen LogP contribution in [0.1, 0.15) is 64.7 Å². The number of carbonyl (C=O) groups is 1. The zero-order chi connectivity index (χ0) is 13.0. The molecule has 0 aromatic heterocycles. The number of carbonyl (C=O) groups excluding carboxylic acids is 1. The molecular formula is C16H28O2. The van der Waals surface area contributed by atoms with Gasteiger partial charge in [-0.3, -0.25) is 4.79 Å². The van der Waals surface area contributed by atoms with E-state index in [9.17, 15) is 4.79 Å². The summed E-state index contributed by atoms with van der Waals surface area (Å²) in [5.41, 5.74) is 0. The molecule has 104 valence electrons.